The number of nitrogens with zero attached hydrogens (tertiary/aromatic N) is 3. The lowest BCUT2D eigenvalue weighted by molar-refractivity contribution is 0.00578. The van der Waals surface area contributed by atoms with Gasteiger partial charge in [-0.25, -0.2) is 4.98 Å². The van der Waals surface area contributed by atoms with Gasteiger partial charge in [-0.3, -0.25) is 4.98 Å². The molecule has 0 amide bonds. The smallest absolute Gasteiger partial charge is 0.398 e. The van der Waals surface area contributed by atoms with Crippen LogP contribution < -0.4 is 10.5 Å². The maximum absolute atomic E-state index is 8.28. The molecular formula is C15H24BN3O2. The van der Waals surface area contributed by atoms with Gasteiger partial charge in [0, 0.05) is 32.9 Å². The molecule has 2 saturated heterocycles. The zero-order valence-corrected chi connectivity index (χ0v) is 12.2. The molecule has 0 aliphatic carbocycles. The molecule has 114 valence electrons. The van der Waals surface area contributed by atoms with Crippen LogP contribution in [0, 0.1) is 0 Å². The quantitative estimate of drug-likeness (QED) is 0.779. The molecule has 1 aromatic heterocycles. The standard InChI is InChI=1S/C15H24BN3O2/c1-14(2)15(3,4)21-16(20-14)12-10-17-11-13(18-12)19-8-6-5-7-9-19/h10-11H,5-9H2,1-4H3/i5D2,6D2,7D2,8D2,9D2,10D,11D. The van der Waals surface area contributed by atoms with E-state index >= 15 is 0 Å². The van der Waals surface area contributed by atoms with Gasteiger partial charge in [0.2, 0.25) is 0 Å². The maximum Gasteiger partial charge on any atom is 0.516 e. The number of aromatic nitrogens is 2. The average Bonchev–Trinajstić information content (AvgIpc) is 2.82. The first-order valence-corrected chi connectivity index (χ1v) is 6.48. The fourth-order valence-corrected chi connectivity index (χ4v) is 1.79. The van der Waals surface area contributed by atoms with Crippen molar-refractivity contribution < 1.29 is 25.8 Å². The third-order valence-electron chi connectivity index (χ3n) is 3.70. The fraction of sp³-hybridized carbons (Fsp3) is 0.733. The van der Waals surface area contributed by atoms with Crippen LogP contribution in [-0.4, -0.2) is 41.3 Å². The molecule has 0 spiro atoms. The van der Waals surface area contributed by atoms with Crippen molar-refractivity contribution in [3.05, 3.63) is 12.3 Å². The van der Waals surface area contributed by atoms with Gasteiger partial charge in [0.1, 0.15) is 5.82 Å². The van der Waals surface area contributed by atoms with Crippen LogP contribution in [0.2, 0.25) is 0 Å². The number of anilines is 1. The Hall–Kier alpha value is -1.14. The van der Waals surface area contributed by atoms with Crippen molar-refractivity contribution in [2.75, 3.05) is 17.9 Å². The van der Waals surface area contributed by atoms with Crippen LogP contribution in [0.15, 0.2) is 12.3 Å². The van der Waals surface area contributed by atoms with Crippen molar-refractivity contribution in [1.82, 2.24) is 9.97 Å². The first kappa shape index (κ1) is 6.16. The highest BCUT2D eigenvalue weighted by Crippen LogP contribution is 2.36. The molecule has 0 bridgehead atoms. The minimum atomic E-state index is -3.61. The van der Waals surface area contributed by atoms with E-state index in [-0.39, 0.29) is 10.5 Å². The summed E-state index contributed by atoms with van der Waals surface area (Å²) in [6.45, 7) is -0.166. The molecular weight excluding hydrogens is 265 g/mol. The monoisotopic (exact) mass is 301 g/mol. The Bertz CT molecular complexity index is 941. The molecule has 2 aliphatic heterocycles. The zero-order chi connectivity index (χ0) is 25.8. The number of piperidine rings is 1. The summed E-state index contributed by atoms with van der Waals surface area (Å²) in [7, 11) is -1.31. The second kappa shape index (κ2) is 5.25. The van der Waals surface area contributed by atoms with E-state index in [1.165, 1.54) is 0 Å². The molecule has 3 rings (SSSR count). The minimum Gasteiger partial charge on any atom is -0.398 e. The minimum absolute atomic E-state index is 0.0508. The normalized spacial score (nSPS) is 44.8. The summed E-state index contributed by atoms with van der Waals surface area (Å²) in [6.07, 6.45) is -12.3. The molecule has 3 heterocycles. The van der Waals surface area contributed by atoms with E-state index in [9.17, 15) is 0 Å². The molecule has 2 fully saturated rings. The van der Waals surface area contributed by atoms with Crippen molar-refractivity contribution in [1.29, 1.82) is 0 Å². The van der Waals surface area contributed by atoms with Crippen molar-refractivity contribution in [2.45, 2.75) is 58.0 Å². The van der Waals surface area contributed by atoms with Crippen molar-refractivity contribution >= 4 is 18.5 Å². The van der Waals surface area contributed by atoms with Crippen LogP contribution >= 0.6 is 0 Å². The summed E-state index contributed by atoms with van der Waals surface area (Å²) in [5.41, 5.74) is -2.09. The molecule has 1 aromatic rings. The van der Waals surface area contributed by atoms with Gasteiger partial charge < -0.3 is 14.2 Å². The third-order valence-corrected chi connectivity index (χ3v) is 3.70. The first-order valence-electron chi connectivity index (χ1n) is 12.5. The van der Waals surface area contributed by atoms with Crippen LogP contribution in [-0.2, 0) is 9.31 Å². The molecule has 0 N–H and O–H groups in total. The van der Waals surface area contributed by atoms with Gasteiger partial charge in [-0.05, 0) is 46.8 Å². The van der Waals surface area contributed by atoms with Gasteiger partial charge in [-0.1, -0.05) is 0 Å². The van der Waals surface area contributed by atoms with Crippen LogP contribution in [0.3, 0.4) is 0 Å². The van der Waals surface area contributed by atoms with Gasteiger partial charge in [-0.2, -0.15) is 0 Å². The van der Waals surface area contributed by atoms with Crippen LogP contribution in [0.25, 0.3) is 0 Å². The Balaban J connectivity index is 2.25. The van der Waals surface area contributed by atoms with Crippen LogP contribution in [0.1, 0.15) is 63.3 Å². The summed E-state index contributed by atoms with van der Waals surface area (Å²) < 4.78 is 109. The summed E-state index contributed by atoms with van der Waals surface area (Å²) in [4.78, 5) is 7.58. The van der Waals surface area contributed by atoms with E-state index in [2.05, 4.69) is 9.97 Å². The molecule has 0 atom stereocenters. The van der Waals surface area contributed by atoms with E-state index in [4.69, 9.17) is 25.8 Å². The highest BCUT2D eigenvalue weighted by molar-refractivity contribution is 6.61. The first-order chi connectivity index (χ1) is 14.5. The second-order valence-electron chi connectivity index (χ2n) is 5.68. The predicted octanol–water partition coefficient (Wildman–Crippen LogP) is 1.77. The Labute approximate surface area is 144 Å². The average molecular weight is 301 g/mol. The predicted molar refractivity (Wildman–Crippen MR) is 83.8 cm³/mol. The molecule has 0 unspecified atom stereocenters. The molecule has 5 nitrogen and oxygen atoms in total. The van der Waals surface area contributed by atoms with Crippen LogP contribution in [0.5, 0.6) is 0 Å². The lowest BCUT2D eigenvalue weighted by Gasteiger charge is -2.32. The number of hydrogen-bond acceptors (Lipinski definition) is 5. The Kier molecular flexibility index (Phi) is 1.54. The van der Waals surface area contributed by atoms with Crippen molar-refractivity contribution in [3.63, 3.8) is 0 Å². The van der Waals surface area contributed by atoms with Crippen molar-refractivity contribution in [2.24, 2.45) is 0 Å². The highest BCUT2D eigenvalue weighted by atomic mass is 16.7. The van der Waals surface area contributed by atoms with Crippen molar-refractivity contribution in [3.8, 4) is 0 Å². The Morgan fingerprint density at radius 3 is 2.38 bits per heavy atom. The largest absolute Gasteiger partial charge is 0.516 e. The summed E-state index contributed by atoms with van der Waals surface area (Å²) >= 11 is 0. The van der Waals surface area contributed by atoms with E-state index in [1.807, 2.05) is 0 Å². The van der Waals surface area contributed by atoms with E-state index < -0.39 is 68.6 Å². The number of hydrogen-bond donors (Lipinski definition) is 0. The molecule has 0 saturated carbocycles. The fourth-order valence-electron chi connectivity index (χ4n) is 1.79. The van der Waals surface area contributed by atoms with E-state index in [1.54, 1.807) is 27.7 Å². The molecule has 0 aromatic carbocycles. The number of rotatable bonds is 2. The highest BCUT2D eigenvalue weighted by Gasteiger charge is 2.52. The van der Waals surface area contributed by atoms with E-state index in [0.717, 1.165) is 0 Å². The second-order valence-corrected chi connectivity index (χ2v) is 5.68. The summed E-state index contributed by atoms with van der Waals surface area (Å²) in [5.74, 6) is -0.922. The van der Waals surface area contributed by atoms with Gasteiger partial charge in [-0.15, -0.1) is 0 Å². The summed E-state index contributed by atoms with van der Waals surface area (Å²) in [5, 5.41) is 0. The molecule has 2 aliphatic rings. The lowest BCUT2D eigenvalue weighted by atomic mass is 9.85. The topological polar surface area (TPSA) is 47.5 Å². The lowest BCUT2D eigenvalue weighted by Crippen LogP contribution is -2.41. The molecule has 6 heteroatoms. The Morgan fingerprint density at radius 1 is 1.14 bits per heavy atom. The van der Waals surface area contributed by atoms with Gasteiger partial charge in [0.05, 0.1) is 25.7 Å². The third kappa shape index (κ3) is 2.79. The SMILES string of the molecule is [2H]c1nc([2H])c(N2C([2H])([2H])C([2H])([2H])C([2H])([2H])C([2H])([2H])C2([2H])[2H])nc1B1OC(C)(C)C(C)(C)O1. The van der Waals surface area contributed by atoms with E-state index in [0.29, 0.717) is 0 Å². The van der Waals surface area contributed by atoms with Gasteiger partial charge in [0.15, 0.2) is 0 Å². The summed E-state index contributed by atoms with van der Waals surface area (Å²) in [6, 6.07) is 0. The van der Waals surface area contributed by atoms with Gasteiger partial charge in [0.25, 0.3) is 0 Å². The molecule has 21 heavy (non-hydrogen) atoms. The maximum atomic E-state index is 8.28. The molecule has 0 radical (unpaired) electrons. The Morgan fingerprint density at radius 2 is 1.76 bits per heavy atom. The zero-order valence-electron chi connectivity index (χ0n) is 24.2. The van der Waals surface area contributed by atoms with Crippen LogP contribution in [0.4, 0.5) is 5.82 Å². The van der Waals surface area contributed by atoms with Gasteiger partial charge >= 0.3 is 7.12 Å².